The number of phenolic OH excluding ortho intramolecular Hbond substituents is 1. The molecular weight excluding hydrogens is 286 g/mol. The van der Waals surface area contributed by atoms with Gasteiger partial charge < -0.3 is 19.5 Å². The maximum absolute atomic E-state index is 12.6. The lowest BCUT2D eigenvalue weighted by atomic mass is 10.0. The second-order valence-electron chi connectivity index (χ2n) is 5.14. The Balaban J connectivity index is 2.40. The zero-order valence-electron chi connectivity index (χ0n) is 12.9. The van der Waals surface area contributed by atoms with Crippen molar-refractivity contribution in [2.24, 2.45) is 0 Å². The van der Waals surface area contributed by atoms with Crippen LogP contribution in [-0.4, -0.2) is 48.7 Å². The highest BCUT2D eigenvalue weighted by Gasteiger charge is 2.26. The number of ether oxygens (including phenoxy) is 2. The Morgan fingerprint density at radius 1 is 1.18 bits per heavy atom. The molecule has 0 bridgehead atoms. The van der Waals surface area contributed by atoms with Crippen molar-refractivity contribution in [1.82, 2.24) is 4.90 Å². The average Bonchev–Trinajstić information content (AvgIpc) is 2.55. The third kappa shape index (κ3) is 3.32. The first-order chi connectivity index (χ1) is 10.6. The molecule has 120 valence electrons. The number of methoxy groups -OCH3 is 1. The van der Waals surface area contributed by atoms with E-state index in [-0.39, 0.29) is 35.1 Å². The molecule has 1 fully saturated rings. The van der Waals surface area contributed by atoms with Crippen LogP contribution in [0.4, 0.5) is 0 Å². The van der Waals surface area contributed by atoms with E-state index in [0.29, 0.717) is 13.1 Å². The first-order valence-corrected chi connectivity index (χ1v) is 7.45. The third-order valence-electron chi connectivity index (χ3n) is 3.69. The monoisotopic (exact) mass is 307 g/mol. The highest BCUT2D eigenvalue weighted by Crippen LogP contribution is 2.31. The second-order valence-corrected chi connectivity index (χ2v) is 5.14. The molecule has 1 aromatic carbocycles. The number of aromatic hydroxyl groups is 1. The number of amides is 1. The summed E-state index contributed by atoms with van der Waals surface area (Å²) in [6, 6.07) is 2.63. The molecule has 1 N–H and O–H groups in total. The van der Waals surface area contributed by atoms with Crippen LogP contribution in [0.3, 0.4) is 0 Å². The van der Waals surface area contributed by atoms with Gasteiger partial charge in [-0.15, -0.1) is 0 Å². The van der Waals surface area contributed by atoms with Gasteiger partial charge >= 0.3 is 5.97 Å². The fourth-order valence-corrected chi connectivity index (χ4v) is 2.55. The predicted octanol–water partition coefficient (Wildman–Crippen LogP) is 2.20. The number of piperidine rings is 1. The van der Waals surface area contributed by atoms with Gasteiger partial charge in [0.1, 0.15) is 0 Å². The Labute approximate surface area is 129 Å². The maximum Gasteiger partial charge on any atom is 0.339 e. The highest BCUT2D eigenvalue weighted by atomic mass is 16.5. The quantitative estimate of drug-likeness (QED) is 0.863. The number of phenols is 1. The molecule has 0 radical (unpaired) electrons. The lowest BCUT2D eigenvalue weighted by Crippen LogP contribution is -2.36. The number of nitrogens with zero attached hydrogens (tertiary/aromatic N) is 1. The van der Waals surface area contributed by atoms with E-state index in [0.717, 1.165) is 19.3 Å². The molecule has 0 spiro atoms. The number of benzene rings is 1. The molecule has 1 aliphatic rings. The van der Waals surface area contributed by atoms with Gasteiger partial charge in [-0.3, -0.25) is 4.79 Å². The fraction of sp³-hybridized carbons (Fsp3) is 0.500. The molecule has 1 amide bonds. The van der Waals surface area contributed by atoms with Gasteiger partial charge in [0.25, 0.3) is 5.91 Å². The SMILES string of the molecule is CCOC(=O)c1cc(OC)c(O)cc1C(=O)N1CCCCC1. The lowest BCUT2D eigenvalue weighted by molar-refractivity contribution is 0.0517. The van der Waals surface area contributed by atoms with Crippen LogP contribution in [0.5, 0.6) is 11.5 Å². The van der Waals surface area contributed by atoms with E-state index in [2.05, 4.69) is 0 Å². The number of esters is 1. The van der Waals surface area contributed by atoms with Gasteiger partial charge in [-0.2, -0.15) is 0 Å². The molecule has 1 aromatic rings. The van der Waals surface area contributed by atoms with E-state index < -0.39 is 5.97 Å². The number of rotatable bonds is 4. The van der Waals surface area contributed by atoms with Crippen LogP contribution in [-0.2, 0) is 4.74 Å². The molecule has 1 aliphatic heterocycles. The van der Waals surface area contributed by atoms with Crippen molar-refractivity contribution >= 4 is 11.9 Å². The summed E-state index contributed by atoms with van der Waals surface area (Å²) >= 11 is 0. The molecule has 6 nitrogen and oxygen atoms in total. The summed E-state index contributed by atoms with van der Waals surface area (Å²) in [5.74, 6) is -0.893. The Morgan fingerprint density at radius 2 is 1.86 bits per heavy atom. The fourth-order valence-electron chi connectivity index (χ4n) is 2.55. The molecule has 1 saturated heterocycles. The number of carbonyl (C=O) groups is 2. The van der Waals surface area contributed by atoms with E-state index >= 15 is 0 Å². The molecule has 0 aromatic heterocycles. The van der Waals surface area contributed by atoms with E-state index in [1.807, 2.05) is 0 Å². The summed E-state index contributed by atoms with van der Waals surface area (Å²) < 4.78 is 10.0. The highest BCUT2D eigenvalue weighted by molar-refractivity contribution is 6.06. The van der Waals surface area contributed by atoms with Gasteiger partial charge in [-0.25, -0.2) is 4.79 Å². The molecule has 0 saturated carbocycles. The van der Waals surface area contributed by atoms with Crippen molar-refractivity contribution in [1.29, 1.82) is 0 Å². The maximum atomic E-state index is 12.6. The zero-order valence-corrected chi connectivity index (χ0v) is 12.9. The summed E-state index contributed by atoms with van der Waals surface area (Å²) in [7, 11) is 1.39. The molecule has 0 unspecified atom stereocenters. The number of hydrogen-bond donors (Lipinski definition) is 1. The first kappa shape index (κ1) is 16.1. The van der Waals surface area contributed by atoms with Gasteiger partial charge in [0, 0.05) is 13.1 Å². The van der Waals surface area contributed by atoms with E-state index in [9.17, 15) is 14.7 Å². The van der Waals surface area contributed by atoms with Crippen LogP contribution in [0, 0.1) is 0 Å². The summed E-state index contributed by atoms with van der Waals surface area (Å²) in [5, 5.41) is 9.93. The molecule has 0 atom stereocenters. The standard InChI is InChI=1S/C16H21NO5/c1-3-22-16(20)12-10-14(21-2)13(18)9-11(12)15(19)17-7-5-4-6-8-17/h9-10,18H,3-8H2,1-2H3. The molecule has 22 heavy (non-hydrogen) atoms. The summed E-state index contributed by atoms with van der Waals surface area (Å²) in [4.78, 5) is 26.5. The van der Waals surface area contributed by atoms with Crippen LogP contribution in [0.25, 0.3) is 0 Å². The van der Waals surface area contributed by atoms with Gasteiger partial charge in [-0.05, 0) is 38.3 Å². The van der Waals surface area contributed by atoms with Crippen molar-refractivity contribution in [3.8, 4) is 11.5 Å². The topological polar surface area (TPSA) is 76.1 Å². The first-order valence-electron chi connectivity index (χ1n) is 7.45. The third-order valence-corrected chi connectivity index (χ3v) is 3.69. The summed E-state index contributed by atoms with van der Waals surface area (Å²) in [5.41, 5.74) is 0.269. The number of likely N-dealkylation sites (tertiary alicyclic amines) is 1. The Hall–Kier alpha value is -2.24. The van der Waals surface area contributed by atoms with Crippen molar-refractivity contribution in [2.75, 3.05) is 26.8 Å². The van der Waals surface area contributed by atoms with Gasteiger partial charge in [0.15, 0.2) is 11.5 Å². The van der Waals surface area contributed by atoms with Gasteiger partial charge in [0.05, 0.1) is 24.8 Å². The van der Waals surface area contributed by atoms with Crippen LogP contribution >= 0.6 is 0 Å². The Morgan fingerprint density at radius 3 is 2.45 bits per heavy atom. The average molecular weight is 307 g/mol. The predicted molar refractivity (Wildman–Crippen MR) is 80.4 cm³/mol. The van der Waals surface area contributed by atoms with Crippen molar-refractivity contribution in [2.45, 2.75) is 26.2 Å². The minimum atomic E-state index is -0.596. The summed E-state index contributed by atoms with van der Waals surface area (Å²) in [6.07, 6.45) is 2.99. The van der Waals surface area contributed by atoms with Crippen molar-refractivity contribution < 1.29 is 24.2 Å². The summed E-state index contributed by atoms with van der Waals surface area (Å²) in [6.45, 7) is 3.23. The van der Waals surface area contributed by atoms with Crippen LogP contribution in [0.15, 0.2) is 12.1 Å². The molecule has 6 heteroatoms. The molecule has 1 heterocycles. The number of hydrogen-bond acceptors (Lipinski definition) is 5. The molecule has 2 rings (SSSR count). The lowest BCUT2D eigenvalue weighted by Gasteiger charge is -2.27. The van der Waals surface area contributed by atoms with Crippen molar-refractivity contribution in [3.05, 3.63) is 23.3 Å². The molecule has 0 aliphatic carbocycles. The van der Waals surface area contributed by atoms with Crippen molar-refractivity contribution in [3.63, 3.8) is 0 Å². The van der Waals surface area contributed by atoms with Crippen LogP contribution in [0.1, 0.15) is 46.9 Å². The van der Waals surface area contributed by atoms with E-state index in [1.54, 1.807) is 11.8 Å². The smallest absolute Gasteiger partial charge is 0.339 e. The van der Waals surface area contributed by atoms with E-state index in [4.69, 9.17) is 9.47 Å². The van der Waals surface area contributed by atoms with Crippen LogP contribution < -0.4 is 4.74 Å². The second kappa shape index (κ2) is 7.15. The zero-order chi connectivity index (χ0) is 16.1. The normalized spacial score (nSPS) is 14.5. The Kier molecular flexibility index (Phi) is 5.25. The van der Waals surface area contributed by atoms with Gasteiger partial charge in [-0.1, -0.05) is 0 Å². The molecular formula is C16H21NO5. The Bertz CT molecular complexity index is 564. The van der Waals surface area contributed by atoms with E-state index in [1.165, 1.54) is 19.2 Å². The van der Waals surface area contributed by atoms with Crippen LogP contribution in [0.2, 0.25) is 0 Å². The van der Waals surface area contributed by atoms with Gasteiger partial charge in [0.2, 0.25) is 0 Å². The minimum absolute atomic E-state index is 0.118. The minimum Gasteiger partial charge on any atom is -0.504 e. The number of carbonyl (C=O) groups excluding carboxylic acids is 2. The largest absolute Gasteiger partial charge is 0.504 e.